The number of carbonyl (C=O) groups is 5. The highest BCUT2D eigenvalue weighted by Gasteiger charge is 2.51. The van der Waals surface area contributed by atoms with E-state index in [1.807, 2.05) is 44.2 Å². The zero-order valence-electron chi connectivity index (χ0n) is 23.2. The summed E-state index contributed by atoms with van der Waals surface area (Å²) in [6, 6.07) is 6.51. The van der Waals surface area contributed by atoms with Crippen LogP contribution in [0.15, 0.2) is 30.3 Å². The van der Waals surface area contributed by atoms with Crippen molar-refractivity contribution in [2.45, 2.75) is 90.8 Å². The normalized spacial score (nSPS) is 23.8. The zero-order chi connectivity index (χ0) is 28.7. The van der Waals surface area contributed by atoms with E-state index in [4.69, 9.17) is 9.47 Å². The summed E-state index contributed by atoms with van der Waals surface area (Å²) in [6.07, 6.45) is 0.815. The average molecular weight is 545 g/mol. The molecule has 1 aromatic rings. The second-order valence-electron chi connectivity index (χ2n) is 10.8. The van der Waals surface area contributed by atoms with Crippen LogP contribution in [-0.2, 0) is 35.3 Å². The van der Waals surface area contributed by atoms with Crippen LogP contribution in [0.4, 0.5) is 4.79 Å². The van der Waals surface area contributed by atoms with Gasteiger partial charge in [-0.3, -0.25) is 14.4 Å². The zero-order valence-corrected chi connectivity index (χ0v) is 23.2. The maximum absolute atomic E-state index is 13.0. The Balaban J connectivity index is 1.58. The van der Waals surface area contributed by atoms with Crippen LogP contribution < -0.4 is 21.3 Å². The number of benzene rings is 1. The van der Waals surface area contributed by atoms with E-state index in [2.05, 4.69) is 21.3 Å². The van der Waals surface area contributed by atoms with E-state index < -0.39 is 42.0 Å². The smallest absolute Gasteiger partial charge is 0.328 e. The van der Waals surface area contributed by atoms with Crippen molar-refractivity contribution >= 4 is 29.8 Å². The molecule has 11 heteroatoms. The summed E-state index contributed by atoms with van der Waals surface area (Å²) in [5, 5.41) is 10.8. The summed E-state index contributed by atoms with van der Waals surface area (Å²) in [4.78, 5) is 62.4. The number of nitrogens with one attached hydrogen (secondary N) is 4. The van der Waals surface area contributed by atoms with Crippen molar-refractivity contribution in [2.24, 2.45) is 17.8 Å². The second kappa shape index (κ2) is 13.4. The fraction of sp³-hybridized carbons (Fsp3) is 0.607. The number of cyclic esters (lactones) is 1. The van der Waals surface area contributed by atoms with Gasteiger partial charge in [-0.25, -0.2) is 9.59 Å². The minimum atomic E-state index is -0.972. The van der Waals surface area contributed by atoms with Gasteiger partial charge < -0.3 is 30.7 Å². The Labute approximate surface area is 229 Å². The Morgan fingerprint density at radius 3 is 2.33 bits per heavy atom. The first-order chi connectivity index (χ1) is 18.5. The predicted octanol–water partition coefficient (Wildman–Crippen LogP) is 1.79. The lowest BCUT2D eigenvalue weighted by Crippen LogP contribution is -2.56. The van der Waals surface area contributed by atoms with Crippen molar-refractivity contribution in [2.75, 3.05) is 0 Å². The molecule has 1 saturated heterocycles. The monoisotopic (exact) mass is 544 g/mol. The average Bonchev–Trinajstić information content (AvgIpc) is 3.61. The lowest BCUT2D eigenvalue weighted by molar-refractivity contribution is -0.193. The maximum Gasteiger partial charge on any atom is 0.328 e. The van der Waals surface area contributed by atoms with Crippen LogP contribution in [-0.4, -0.2) is 60.1 Å². The summed E-state index contributed by atoms with van der Waals surface area (Å²) >= 11 is 0. The molecule has 1 aliphatic heterocycles. The number of hydrogen-bond donors (Lipinski definition) is 4. The molecule has 0 aromatic heterocycles. The number of amides is 4. The van der Waals surface area contributed by atoms with Crippen molar-refractivity contribution in [3.05, 3.63) is 35.9 Å². The standard InChI is InChI=1S/C28H40N4O7/c1-6-16(4)22-23(39-27(22)36)25(34)31-20-12-19(20)13-21(26(35)38-14-18-10-8-7-9-11-18)32-24(33)17(5)30-28(37)29-15(2)3/h7-11,15-17,19-23H,6,12-14H2,1-5H3,(H,31,34)(H,32,33)(H2,29,30,37). The summed E-state index contributed by atoms with van der Waals surface area (Å²) in [5.41, 5.74) is 0.804. The van der Waals surface area contributed by atoms with Gasteiger partial charge in [-0.2, -0.15) is 0 Å². The third-order valence-electron chi connectivity index (χ3n) is 7.13. The second-order valence-corrected chi connectivity index (χ2v) is 10.8. The highest BCUT2D eigenvalue weighted by molar-refractivity contribution is 5.94. The Morgan fingerprint density at radius 2 is 1.72 bits per heavy atom. The number of esters is 2. The lowest BCUT2D eigenvalue weighted by atomic mass is 9.83. The summed E-state index contributed by atoms with van der Waals surface area (Å²) in [6.45, 7) is 9.05. The minimum Gasteiger partial charge on any atom is -0.459 e. The van der Waals surface area contributed by atoms with E-state index in [1.165, 1.54) is 6.92 Å². The van der Waals surface area contributed by atoms with E-state index in [0.29, 0.717) is 6.42 Å². The Morgan fingerprint density at radius 1 is 1.03 bits per heavy atom. The minimum absolute atomic E-state index is 0.0363. The van der Waals surface area contributed by atoms with Gasteiger partial charge in [-0.1, -0.05) is 50.6 Å². The van der Waals surface area contributed by atoms with E-state index in [1.54, 1.807) is 13.8 Å². The molecule has 4 N–H and O–H groups in total. The maximum atomic E-state index is 13.0. The van der Waals surface area contributed by atoms with Crippen molar-refractivity contribution in [1.29, 1.82) is 0 Å². The Hall–Kier alpha value is -3.63. The largest absolute Gasteiger partial charge is 0.459 e. The molecule has 1 saturated carbocycles. The quantitative estimate of drug-likeness (QED) is 0.276. The molecule has 7 unspecified atom stereocenters. The van der Waals surface area contributed by atoms with Gasteiger partial charge >= 0.3 is 18.0 Å². The molecule has 0 spiro atoms. The number of hydrogen-bond acceptors (Lipinski definition) is 7. The van der Waals surface area contributed by atoms with E-state index in [9.17, 15) is 24.0 Å². The Bertz CT molecular complexity index is 1050. The van der Waals surface area contributed by atoms with Crippen molar-refractivity contribution in [1.82, 2.24) is 21.3 Å². The van der Waals surface area contributed by atoms with E-state index in [0.717, 1.165) is 12.0 Å². The van der Waals surface area contributed by atoms with Crippen LogP contribution in [0.25, 0.3) is 0 Å². The third kappa shape index (κ3) is 8.43. The molecule has 7 atom stereocenters. The van der Waals surface area contributed by atoms with Crippen LogP contribution >= 0.6 is 0 Å². The topological polar surface area (TPSA) is 152 Å². The SMILES string of the molecule is CCC(C)C1C(=O)OC1C(=O)NC1CC1CC(NC(=O)C(C)NC(=O)NC(C)C)C(=O)OCc1ccccc1. The van der Waals surface area contributed by atoms with Gasteiger partial charge in [0.2, 0.25) is 5.91 Å². The molecular weight excluding hydrogens is 504 g/mol. The molecule has 1 heterocycles. The van der Waals surface area contributed by atoms with Crippen molar-refractivity contribution < 1.29 is 33.4 Å². The highest BCUT2D eigenvalue weighted by atomic mass is 16.6. The first-order valence-corrected chi connectivity index (χ1v) is 13.6. The highest BCUT2D eigenvalue weighted by Crippen LogP contribution is 2.37. The van der Waals surface area contributed by atoms with Crippen molar-refractivity contribution in [3.63, 3.8) is 0 Å². The number of rotatable bonds is 13. The summed E-state index contributed by atoms with van der Waals surface area (Å²) in [5.74, 6) is -2.32. The third-order valence-corrected chi connectivity index (χ3v) is 7.13. The van der Waals surface area contributed by atoms with Crippen LogP contribution in [0.2, 0.25) is 0 Å². The molecule has 214 valence electrons. The van der Waals surface area contributed by atoms with E-state index in [-0.39, 0.29) is 48.8 Å². The molecule has 3 rings (SSSR count). The van der Waals surface area contributed by atoms with Crippen LogP contribution in [0.1, 0.15) is 59.4 Å². The van der Waals surface area contributed by atoms with Crippen LogP contribution in [0.5, 0.6) is 0 Å². The van der Waals surface area contributed by atoms with Gasteiger partial charge in [0, 0.05) is 12.1 Å². The summed E-state index contributed by atoms with van der Waals surface area (Å²) < 4.78 is 10.6. The predicted molar refractivity (Wildman–Crippen MR) is 142 cm³/mol. The lowest BCUT2D eigenvalue weighted by Gasteiger charge is -2.37. The van der Waals surface area contributed by atoms with Crippen LogP contribution in [0, 0.1) is 17.8 Å². The molecule has 2 fully saturated rings. The number of carbonyl (C=O) groups excluding carboxylic acids is 5. The van der Waals surface area contributed by atoms with Gasteiger partial charge in [0.1, 0.15) is 24.6 Å². The van der Waals surface area contributed by atoms with E-state index >= 15 is 0 Å². The van der Waals surface area contributed by atoms with Crippen LogP contribution in [0.3, 0.4) is 0 Å². The van der Waals surface area contributed by atoms with Gasteiger partial charge in [0.25, 0.3) is 5.91 Å². The molecule has 1 aliphatic carbocycles. The van der Waals surface area contributed by atoms with Gasteiger partial charge in [-0.05, 0) is 51.0 Å². The Kier molecular flexibility index (Phi) is 10.3. The van der Waals surface area contributed by atoms with Gasteiger partial charge in [0.05, 0.1) is 0 Å². The molecular formula is C28H40N4O7. The summed E-state index contributed by atoms with van der Waals surface area (Å²) in [7, 11) is 0. The molecule has 2 aliphatic rings. The van der Waals surface area contributed by atoms with Gasteiger partial charge in [0.15, 0.2) is 6.10 Å². The fourth-order valence-corrected chi connectivity index (χ4v) is 4.49. The molecule has 39 heavy (non-hydrogen) atoms. The molecule has 0 radical (unpaired) electrons. The first kappa shape index (κ1) is 29.9. The first-order valence-electron chi connectivity index (χ1n) is 13.6. The fourth-order valence-electron chi connectivity index (χ4n) is 4.49. The molecule has 11 nitrogen and oxygen atoms in total. The molecule has 0 bridgehead atoms. The number of ether oxygens (including phenoxy) is 2. The molecule has 4 amide bonds. The molecule has 1 aromatic carbocycles. The number of urea groups is 1. The van der Waals surface area contributed by atoms with Gasteiger partial charge in [-0.15, -0.1) is 0 Å². The van der Waals surface area contributed by atoms with Crippen molar-refractivity contribution in [3.8, 4) is 0 Å².